The van der Waals surface area contributed by atoms with Crippen molar-refractivity contribution in [2.24, 2.45) is 5.41 Å². The zero-order chi connectivity index (χ0) is 10.9. The number of anilines is 1. The summed E-state index contributed by atoms with van der Waals surface area (Å²) in [5.74, 6) is 0.0660. The molecule has 0 aliphatic carbocycles. The monoisotopic (exact) mass is 255 g/mol. The second kappa shape index (κ2) is 3.73. The lowest BCUT2D eigenvalue weighted by Gasteiger charge is -2.17. The zero-order valence-electron chi connectivity index (χ0n) is 8.60. The molecule has 2 N–H and O–H groups in total. The highest BCUT2D eigenvalue weighted by atomic mass is 79.9. The van der Waals surface area contributed by atoms with E-state index >= 15 is 0 Å². The van der Waals surface area contributed by atoms with Gasteiger partial charge in [0.25, 0.3) is 0 Å². The molecule has 0 aromatic heterocycles. The van der Waals surface area contributed by atoms with Crippen LogP contribution in [0.1, 0.15) is 31.1 Å². The Morgan fingerprint density at radius 2 is 1.93 bits per heavy atom. The average Bonchev–Trinajstić information content (AvgIpc) is 2.06. The molecule has 0 atom stereocenters. The lowest BCUT2D eigenvalue weighted by Crippen LogP contribution is -2.21. The van der Waals surface area contributed by atoms with Gasteiger partial charge in [0.05, 0.1) is 0 Å². The molecule has 1 aromatic carbocycles. The van der Waals surface area contributed by atoms with Crippen molar-refractivity contribution in [2.75, 3.05) is 5.73 Å². The first-order chi connectivity index (χ1) is 6.32. The minimum atomic E-state index is -0.394. The Kier molecular flexibility index (Phi) is 3.00. The summed E-state index contributed by atoms with van der Waals surface area (Å²) in [7, 11) is 0. The molecule has 1 rings (SSSR count). The first kappa shape index (κ1) is 11.2. The maximum Gasteiger partial charge on any atom is 0.170 e. The predicted molar refractivity (Wildman–Crippen MR) is 62.3 cm³/mol. The van der Waals surface area contributed by atoms with E-state index in [2.05, 4.69) is 15.9 Å². The molecule has 14 heavy (non-hydrogen) atoms. The van der Waals surface area contributed by atoms with Gasteiger partial charge in [0.2, 0.25) is 0 Å². The van der Waals surface area contributed by atoms with Gasteiger partial charge >= 0.3 is 0 Å². The third-order valence-corrected chi connectivity index (χ3v) is 2.43. The molecule has 3 heteroatoms. The van der Waals surface area contributed by atoms with Crippen LogP contribution in [0.3, 0.4) is 0 Å². The Labute approximate surface area is 92.6 Å². The maximum atomic E-state index is 11.9. The number of halogens is 1. The molecule has 0 amide bonds. The van der Waals surface area contributed by atoms with Gasteiger partial charge in [-0.25, -0.2) is 0 Å². The second-order valence-electron chi connectivity index (χ2n) is 4.31. The Balaban J connectivity index is 3.19. The van der Waals surface area contributed by atoms with Crippen molar-refractivity contribution < 1.29 is 4.79 Å². The van der Waals surface area contributed by atoms with E-state index < -0.39 is 5.41 Å². The minimum Gasteiger partial charge on any atom is -0.398 e. The summed E-state index contributed by atoms with van der Waals surface area (Å²) in [4.78, 5) is 11.9. The van der Waals surface area contributed by atoms with Crippen molar-refractivity contribution in [3.63, 3.8) is 0 Å². The summed E-state index contributed by atoms with van der Waals surface area (Å²) in [6.07, 6.45) is 0. The second-order valence-corrected chi connectivity index (χ2v) is 5.23. The van der Waals surface area contributed by atoms with Gasteiger partial charge in [0, 0.05) is 21.1 Å². The number of Topliss-reactive ketones (excluding diaryl/α,β-unsaturated/α-hetero) is 1. The van der Waals surface area contributed by atoms with Crippen LogP contribution in [-0.4, -0.2) is 5.78 Å². The number of benzene rings is 1. The van der Waals surface area contributed by atoms with Gasteiger partial charge in [0.1, 0.15) is 0 Å². The topological polar surface area (TPSA) is 43.1 Å². The number of nitrogens with two attached hydrogens (primary N) is 1. The van der Waals surface area contributed by atoms with E-state index in [-0.39, 0.29) is 5.78 Å². The van der Waals surface area contributed by atoms with Crippen LogP contribution in [0.4, 0.5) is 5.69 Å². The Hall–Kier alpha value is -0.830. The van der Waals surface area contributed by atoms with Crippen LogP contribution < -0.4 is 5.73 Å². The van der Waals surface area contributed by atoms with Crippen LogP contribution in [0.25, 0.3) is 0 Å². The molecule has 0 heterocycles. The maximum absolute atomic E-state index is 11.9. The van der Waals surface area contributed by atoms with Crippen LogP contribution in [-0.2, 0) is 0 Å². The van der Waals surface area contributed by atoms with Gasteiger partial charge in [-0.1, -0.05) is 36.7 Å². The molecule has 1 aromatic rings. The van der Waals surface area contributed by atoms with Crippen molar-refractivity contribution in [3.05, 3.63) is 28.2 Å². The molecule has 2 nitrogen and oxygen atoms in total. The molecule has 0 radical (unpaired) electrons. The van der Waals surface area contributed by atoms with E-state index in [0.29, 0.717) is 11.3 Å². The quantitative estimate of drug-likeness (QED) is 0.619. The summed E-state index contributed by atoms with van der Waals surface area (Å²) in [6, 6.07) is 5.33. The zero-order valence-corrected chi connectivity index (χ0v) is 10.2. The number of carbonyl (C=O) groups is 1. The van der Waals surface area contributed by atoms with Crippen molar-refractivity contribution in [1.82, 2.24) is 0 Å². The number of hydrogen-bond donors (Lipinski definition) is 1. The van der Waals surface area contributed by atoms with E-state index in [9.17, 15) is 4.79 Å². The predicted octanol–water partition coefficient (Wildman–Crippen LogP) is 3.26. The number of carbonyl (C=O) groups excluding carboxylic acids is 1. The van der Waals surface area contributed by atoms with Gasteiger partial charge in [-0.2, -0.15) is 0 Å². The van der Waals surface area contributed by atoms with Gasteiger partial charge in [-0.15, -0.1) is 0 Å². The third-order valence-electron chi connectivity index (χ3n) is 1.94. The summed E-state index contributed by atoms with van der Waals surface area (Å²) >= 11 is 3.32. The van der Waals surface area contributed by atoms with Crippen molar-refractivity contribution >= 4 is 27.4 Å². The lowest BCUT2D eigenvalue weighted by molar-refractivity contribution is 0.0859. The minimum absolute atomic E-state index is 0.0660. The SMILES string of the molecule is CC(C)(C)C(=O)c1cc(Br)ccc1N. The van der Waals surface area contributed by atoms with E-state index in [1.165, 1.54) is 0 Å². The van der Waals surface area contributed by atoms with Crippen LogP contribution in [0.5, 0.6) is 0 Å². The van der Waals surface area contributed by atoms with Crippen molar-refractivity contribution in [1.29, 1.82) is 0 Å². The fourth-order valence-corrected chi connectivity index (χ4v) is 1.49. The fourth-order valence-electron chi connectivity index (χ4n) is 1.13. The Morgan fingerprint density at radius 3 is 2.43 bits per heavy atom. The van der Waals surface area contributed by atoms with Gasteiger partial charge in [0.15, 0.2) is 5.78 Å². The molecule has 76 valence electrons. The summed E-state index contributed by atoms with van der Waals surface area (Å²) in [5.41, 5.74) is 6.48. The standard InChI is InChI=1S/C11H14BrNO/c1-11(2,3)10(14)8-6-7(12)4-5-9(8)13/h4-6H,13H2,1-3H3. The normalized spacial score (nSPS) is 11.4. The molecule has 0 fully saturated rings. The lowest BCUT2D eigenvalue weighted by atomic mass is 9.86. The first-order valence-electron chi connectivity index (χ1n) is 4.42. The molecule has 0 bridgehead atoms. The van der Waals surface area contributed by atoms with Crippen LogP contribution in [0.15, 0.2) is 22.7 Å². The van der Waals surface area contributed by atoms with E-state index in [1.807, 2.05) is 26.8 Å². The van der Waals surface area contributed by atoms with Crippen LogP contribution in [0, 0.1) is 5.41 Å². The van der Waals surface area contributed by atoms with Gasteiger partial charge in [-0.05, 0) is 18.2 Å². The summed E-state index contributed by atoms with van der Waals surface area (Å²) in [5, 5.41) is 0. The van der Waals surface area contributed by atoms with Crippen molar-refractivity contribution in [3.8, 4) is 0 Å². The summed E-state index contributed by atoms with van der Waals surface area (Å²) < 4.78 is 0.874. The Morgan fingerprint density at radius 1 is 1.36 bits per heavy atom. The highest BCUT2D eigenvalue weighted by molar-refractivity contribution is 9.10. The highest BCUT2D eigenvalue weighted by Crippen LogP contribution is 2.26. The fraction of sp³-hybridized carbons (Fsp3) is 0.364. The number of rotatable bonds is 1. The van der Waals surface area contributed by atoms with E-state index in [4.69, 9.17) is 5.73 Å². The largest absolute Gasteiger partial charge is 0.398 e. The van der Waals surface area contributed by atoms with E-state index in [1.54, 1.807) is 12.1 Å². The average molecular weight is 256 g/mol. The van der Waals surface area contributed by atoms with Gasteiger partial charge < -0.3 is 5.73 Å². The number of ketones is 1. The smallest absolute Gasteiger partial charge is 0.170 e. The molecule has 0 spiro atoms. The molecule has 0 aliphatic rings. The third kappa shape index (κ3) is 2.35. The molecular formula is C11H14BrNO. The molecule has 0 saturated heterocycles. The van der Waals surface area contributed by atoms with Crippen molar-refractivity contribution in [2.45, 2.75) is 20.8 Å². The number of hydrogen-bond acceptors (Lipinski definition) is 2. The molecule has 0 saturated carbocycles. The van der Waals surface area contributed by atoms with E-state index in [0.717, 1.165) is 4.47 Å². The van der Waals surface area contributed by atoms with Gasteiger partial charge in [-0.3, -0.25) is 4.79 Å². The summed E-state index contributed by atoms with van der Waals surface area (Å²) in [6.45, 7) is 5.65. The Bertz CT molecular complexity index is 366. The molecule has 0 aliphatic heterocycles. The van der Waals surface area contributed by atoms with Crippen LogP contribution in [0.2, 0.25) is 0 Å². The van der Waals surface area contributed by atoms with Crippen LogP contribution >= 0.6 is 15.9 Å². The highest BCUT2D eigenvalue weighted by Gasteiger charge is 2.24. The molecular weight excluding hydrogens is 242 g/mol. The molecule has 0 unspecified atom stereocenters. The first-order valence-corrected chi connectivity index (χ1v) is 5.21. The number of nitrogen functional groups attached to an aromatic ring is 1.